The number of non-ortho nitro benzene ring substituents is 1. The van der Waals surface area contributed by atoms with E-state index in [0.29, 0.717) is 5.56 Å². The lowest BCUT2D eigenvalue weighted by Gasteiger charge is -2.49. The van der Waals surface area contributed by atoms with Gasteiger partial charge >= 0.3 is 5.97 Å². The smallest absolute Gasteiger partial charge is 0.356 e. The summed E-state index contributed by atoms with van der Waals surface area (Å²) in [4.78, 5) is 45.3. The summed E-state index contributed by atoms with van der Waals surface area (Å²) in [6.07, 6.45) is -0.280. The fourth-order valence-electron chi connectivity index (χ4n) is 6.34. The molecule has 3 heterocycles. The van der Waals surface area contributed by atoms with Crippen LogP contribution in [0.15, 0.2) is 68.9 Å². The minimum atomic E-state index is -1.98. The van der Waals surface area contributed by atoms with Crippen LogP contribution in [0.5, 0.6) is 0 Å². The van der Waals surface area contributed by atoms with E-state index in [1.54, 1.807) is 17.0 Å². The normalized spacial score (nSPS) is 20.0. The Bertz CT molecular complexity index is 1610. The van der Waals surface area contributed by atoms with Crippen molar-refractivity contribution in [1.82, 2.24) is 9.88 Å². The Kier molecular flexibility index (Phi) is 10.5. The number of aromatic nitrogens is 1. The van der Waals surface area contributed by atoms with E-state index in [0.717, 1.165) is 44.2 Å². The van der Waals surface area contributed by atoms with E-state index in [2.05, 4.69) is 20.8 Å². The van der Waals surface area contributed by atoms with Gasteiger partial charge in [0.15, 0.2) is 12.7 Å². The van der Waals surface area contributed by atoms with Gasteiger partial charge in [0, 0.05) is 33.9 Å². The Hall–Kier alpha value is -3.36. The van der Waals surface area contributed by atoms with Crippen LogP contribution in [-0.2, 0) is 32.0 Å². The first kappa shape index (κ1) is 34.0. The van der Waals surface area contributed by atoms with Crippen molar-refractivity contribution < 1.29 is 28.8 Å². The van der Waals surface area contributed by atoms with Crippen molar-refractivity contribution in [1.29, 1.82) is 0 Å². The van der Waals surface area contributed by atoms with Gasteiger partial charge < -0.3 is 19.2 Å². The predicted octanol–water partition coefficient (Wildman–Crippen LogP) is 7.14. The van der Waals surface area contributed by atoms with Gasteiger partial charge in [0.05, 0.1) is 35.3 Å². The zero-order chi connectivity index (χ0) is 33.2. The molecular formula is C33H39N3O7S2Si. The average molecular weight is 682 g/mol. The summed E-state index contributed by atoms with van der Waals surface area (Å²) in [5.74, 6) is -1.29. The van der Waals surface area contributed by atoms with Crippen molar-refractivity contribution in [3.05, 3.63) is 85.8 Å². The minimum Gasteiger partial charge on any atom is -0.456 e. The van der Waals surface area contributed by atoms with Crippen LogP contribution < -0.4 is 0 Å². The Morgan fingerprint density at radius 3 is 2.33 bits per heavy atom. The van der Waals surface area contributed by atoms with Gasteiger partial charge in [0.25, 0.3) is 5.69 Å². The lowest BCUT2D eigenvalue weighted by atomic mass is 9.79. The van der Waals surface area contributed by atoms with Crippen LogP contribution in [0, 0.1) is 22.0 Å². The number of fused-ring (bicyclic) bond motifs is 1. The van der Waals surface area contributed by atoms with Crippen LogP contribution in [0.2, 0.25) is 18.1 Å². The van der Waals surface area contributed by atoms with Gasteiger partial charge in [-0.15, -0.1) is 11.3 Å². The molecule has 2 aromatic carbocycles. The van der Waals surface area contributed by atoms with Crippen LogP contribution >= 0.6 is 23.1 Å². The Balaban J connectivity index is 1.41. The summed E-state index contributed by atoms with van der Waals surface area (Å²) in [6, 6.07) is 16.1. The van der Waals surface area contributed by atoms with Gasteiger partial charge in [-0.1, -0.05) is 63.7 Å². The van der Waals surface area contributed by atoms with Crippen LogP contribution in [0.3, 0.4) is 0 Å². The molecule has 1 amide bonds. The van der Waals surface area contributed by atoms with Crippen LogP contribution in [0.1, 0.15) is 45.7 Å². The van der Waals surface area contributed by atoms with E-state index in [1.807, 2.05) is 43.5 Å². The molecule has 0 unspecified atom stereocenters. The molecule has 0 spiro atoms. The second-order valence-electron chi connectivity index (χ2n) is 11.7. The molecule has 2 aliphatic rings. The zero-order valence-corrected chi connectivity index (χ0v) is 29.2. The van der Waals surface area contributed by atoms with E-state index in [9.17, 15) is 24.8 Å². The van der Waals surface area contributed by atoms with Crippen molar-refractivity contribution >= 4 is 49.0 Å². The van der Waals surface area contributed by atoms with Crippen LogP contribution in [-0.4, -0.2) is 52.3 Å². The van der Waals surface area contributed by atoms with Crippen molar-refractivity contribution in [2.24, 2.45) is 11.8 Å². The van der Waals surface area contributed by atoms with E-state index in [4.69, 9.17) is 14.1 Å². The topological polar surface area (TPSA) is 132 Å². The monoisotopic (exact) mass is 681 g/mol. The molecule has 0 radical (unpaired) electrons. The van der Waals surface area contributed by atoms with Crippen LogP contribution in [0.25, 0.3) is 11.3 Å². The van der Waals surface area contributed by atoms with E-state index < -0.39 is 19.2 Å². The molecule has 244 valence electrons. The number of esters is 1. The average Bonchev–Trinajstić information content (AvgIpc) is 3.63. The molecule has 1 saturated heterocycles. The zero-order valence-electron chi connectivity index (χ0n) is 26.6. The molecule has 0 bridgehead atoms. The predicted molar refractivity (Wildman–Crippen MR) is 180 cm³/mol. The second-order valence-corrected chi connectivity index (χ2v) is 18.6. The number of thioether (sulfide) groups is 1. The number of nitrogens with zero attached hydrogens (tertiary/aromatic N) is 3. The van der Waals surface area contributed by atoms with Gasteiger partial charge in [-0.3, -0.25) is 14.9 Å². The highest BCUT2D eigenvalue weighted by Gasteiger charge is 2.61. The minimum absolute atomic E-state index is 0.0346. The van der Waals surface area contributed by atoms with Gasteiger partial charge in [0.1, 0.15) is 12.3 Å². The number of hydrogen-bond acceptors (Lipinski definition) is 10. The summed E-state index contributed by atoms with van der Waals surface area (Å²) >= 11 is 2.84. The van der Waals surface area contributed by atoms with Gasteiger partial charge in [0.2, 0.25) is 5.91 Å². The number of β-lactam (4-membered cyclic amide) rings is 1. The number of rotatable bonds is 14. The molecule has 1 N–H and O–H groups in total. The highest BCUT2D eigenvalue weighted by atomic mass is 32.2. The van der Waals surface area contributed by atoms with E-state index in [1.165, 1.54) is 35.2 Å². The second kappa shape index (κ2) is 14.2. The molecule has 10 nitrogen and oxygen atoms in total. The molecule has 3 aromatic rings. The number of benzene rings is 2. The van der Waals surface area contributed by atoms with Crippen LogP contribution in [0.4, 0.5) is 5.69 Å². The summed E-state index contributed by atoms with van der Waals surface area (Å²) in [7, 11) is -1.98. The number of carbonyl (C=O) groups is 2. The standard InChI is InChI=1S/C33H39N3O7S2Si/c1-6-46(7-2,8-3)43-21(5)27-28-20(4)30(45-33-34-26(19-44-33)24-13-9-22(17-37)10-14-24)29(35(28)31(27)38)32(39)42-18-23-11-15-25(16-12-23)36(40)41/h9-16,19-21,27-28,37H,6-8,17-18H2,1-5H3/t20-,21-,27-,28-/m1/s1. The maximum Gasteiger partial charge on any atom is 0.356 e. The molecule has 5 rings (SSSR count). The number of carbonyl (C=O) groups excluding carboxylic acids is 2. The van der Waals surface area contributed by atoms with Gasteiger partial charge in [-0.25, -0.2) is 9.78 Å². The summed E-state index contributed by atoms with van der Waals surface area (Å²) < 4.78 is 13.2. The molecular weight excluding hydrogens is 643 g/mol. The first-order valence-electron chi connectivity index (χ1n) is 15.5. The summed E-state index contributed by atoms with van der Waals surface area (Å²) in [5.41, 5.74) is 3.29. The van der Waals surface area contributed by atoms with Gasteiger partial charge in [-0.05, 0) is 48.3 Å². The maximum absolute atomic E-state index is 13.8. The number of nitro groups is 1. The third-order valence-corrected chi connectivity index (χ3v) is 16.2. The van der Waals surface area contributed by atoms with Crippen molar-refractivity contribution in [3.63, 3.8) is 0 Å². The first-order valence-corrected chi connectivity index (χ1v) is 19.8. The maximum atomic E-state index is 13.8. The SMILES string of the molecule is CC[Si](CC)(CC)O[C@H](C)[C@H]1C(=O)N2C(C(=O)OCc3ccc([N+](=O)[O-])cc3)=C(Sc3nc(-c4ccc(CO)cc4)cs3)[C@H](C)[C@H]12. The van der Waals surface area contributed by atoms with E-state index in [-0.39, 0.29) is 54.5 Å². The largest absolute Gasteiger partial charge is 0.456 e. The molecule has 2 aliphatic heterocycles. The number of hydrogen-bond donors (Lipinski definition) is 1. The van der Waals surface area contributed by atoms with E-state index >= 15 is 0 Å². The number of ether oxygens (including phenoxy) is 1. The fourth-order valence-corrected chi connectivity index (χ4v) is 11.4. The van der Waals surface area contributed by atoms with Gasteiger partial charge in [-0.2, -0.15) is 0 Å². The van der Waals surface area contributed by atoms with Crippen molar-refractivity contribution in [3.8, 4) is 11.3 Å². The van der Waals surface area contributed by atoms with Crippen molar-refractivity contribution in [2.45, 2.75) is 82.5 Å². The first-order chi connectivity index (χ1) is 22.1. The third-order valence-electron chi connectivity index (χ3n) is 9.29. The number of aliphatic hydroxyl groups is 1. The molecule has 1 aromatic heterocycles. The fraction of sp³-hybridized carbons (Fsp3) is 0.424. The molecule has 0 saturated carbocycles. The lowest BCUT2D eigenvalue weighted by Crippen LogP contribution is -2.65. The van der Waals surface area contributed by atoms with Crippen molar-refractivity contribution in [2.75, 3.05) is 0 Å². The number of nitro benzene ring substituents is 1. The molecule has 4 atom stereocenters. The number of aliphatic hydroxyl groups excluding tert-OH is 1. The molecule has 46 heavy (non-hydrogen) atoms. The summed E-state index contributed by atoms with van der Waals surface area (Å²) in [6.45, 7) is 10.4. The highest BCUT2D eigenvalue weighted by molar-refractivity contribution is 8.04. The molecule has 13 heteroatoms. The Morgan fingerprint density at radius 1 is 1.11 bits per heavy atom. The highest BCUT2D eigenvalue weighted by Crippen LogP contribution is 2.53. The third kappa shape index (κ3) is 6.56. The lowest BCUT2D eigenvalue weighted by molar-refractivity contribution is -0.384. The Labute approximate surface area is 278 Å². The Morgan fingerprint density at radius 2 is 1.74 bits per heavy atom. The summed E-state index contributed by atoms with van der Waals surface area (Å²) in [5, 5.41) is 22.4. The molecule has 1 fully saturated rings. The quantitative estimate of drug-likeness (QED) is 0.0620. The number of amides is 1. The molecule has 0 aliphatic carbocycles. The number of thiazole rings is 1.